The van der Waals surface area contributed by atoms with Crippen molar-refractivity contribution in [3.63, 3.8) is 0 Å². The van der Waals surface area contributed by atoms with Gasteiger partial charge in [-0.15, -0.1) is 0 Å². The third-order valence-electron chi connectivity index (χ3n) is 5.95. The van der Waals surface area contributed by atoms with E-state index in [-0.39, 0.29) is 17.9 Å². The number of amides is 2. The molecule has 4 heteroatoms. The summed E-state index contributed by atoms with van der Waals surface area (Å²) in [5.74, 6) is -0.0731. The molecule has 1 N–H and O–H groups in total. The average molecular weight is 393 g/mol. The maximum atomic E-state index is 13.3. The van der Waals surface area contributed by atoms with Gasteiger partial charge in [0.25, 0.3) is 0 Å². The molecule has 154 valence electrons. The number of nitrogens with zero attached hydrogens (tertiary/aromatic N) is 1. The van der Waals surface area contributed by atoms with Gasteiger partial charge in [-0.05, 0) is 50.3 Å². The van der Waals surface area contributed by atoms with Crippen LogP contribution in [0.5, 0.6) is 0 Å². The largest absolute Gasteiger partial charge is 0.352 e. The maximum absolute atomic E-state index is 13.3. The lowest BCUT2D eigenvalue weighted by atomic mass is 10.0. The van der Waals surface area contributed by atoms with Crippen molar-refractivity contribution in [1.29, 1.82) is 0 Å². The molecule has 1 saturated carbocycles. The Balaban J connectivity index is 1.77. The van der Waals surface area contributed by atoms with Crippen molar-refractivity contribution in [3.05, 3.63) is 70.8 Å². The third kappa shape index (κ3) is 5.69. The first-order chi connectivity index (χ1) is 13.9. The van der Waals surface area contributed by atoms with Crippen LogP contribution in [-0.2, 0) is 22.6 Å². The van der Waals surface area contributed by atoms with Crippen molar-refractivity contribution in [2.75, 3.05) is 0 Å². The molecule has 1 atom stereocenters. The molecule has 0 bridgehead atoms. The molecule has 4 nitrogen and oxygen atoms in total. The summed E-state index contributed by atoms with van der Waals surface area (Å²) in [4.78, 5) is 27.9. The van der Waals surface area contributed by atoms with Gasteiger partial charge in [0.1, 0.15) is 6.04 Å². The summed E-state index contributed by atoms with van der Waals surface area (Å²) >= 11 is 0. The molecule has 2 amide bonds. The summed E-state index contributed by atoms with van der Waals surface area (Å²) in [6.45, 7) is 6.34. The molecule has 0 radical (unpaired) electrons. The van der Waals surface area contributed by atoms with Gasteiger partial charge in [0.05, 0.1) is 6.42 Å². The molecule has 2 aromatic carbocycles. The van der Waals surface area contributed by atoms with Crippen LogP contribution in [0, 0.1) is 13.8 Å². The van der Waals surface area contributed by atoms with Gasteiger partial charge in [0, 0.05) is 12.6 Å². The standard InChI is InChI=1S/C25H32N2O2/c1-18-12-14-21(15-13-18)17-27(20(3)25(29)26-23-10-6-7-11-23)24(28)16-22-9-5-4-8-19(22)2/h4-5,8-9,12-15,20,23H,6-7,10-11,16-17H2,1-3H3,(H,26,29)/t20-/m1/s1. The SMILES string of the molecule is Cc1ccc(CN(C(=O)Cc2ccccc2C)[C@H](C)C(=O)NC2CCCC2)cc1. The highest BCUT2D eigenvalue weighted by Crippen LogP contribution is 2.19. The highest BCUT2D eigenvalue weighted by Gasteiger charge is 2.28. The molecule has 1 aliphatic carbocycles. The minimum atomic E-state index is -0.506. The van der Waals surface area contributed by atoms with E-state index in [1.54, 1.807) is 4.90 Å². The Bertz CT molecular complexity index is 838. The molecule has 2 aromatic rings. The molecule has 1 aliphatic rings. The fraction of sp³-hybridized carbons (Fsp3) is 0.440. The number of nitrogens with one attached hydrogen (secondary N) is 1. The number of carbonyl (C=O) groups excluding carboxylic acids is 2. The van der Waals surface area contributed by atoms with E-state index in [9.17, 15) is 9.59 Å². The predicted molar refractivity (Wildman–Crippen MR) is 116 cm³/mol. The van der Waals surface area contributed by atoms with Gasteiger partial charge in [-0.3, -0.25) is 9.59 Å². The van der Waals surface area contributed by atoms with Gasteiger partial charge in [-0.2, -0.15) is 0 Å². The van der Waals surface area contributed by atoms with Crippen LogP contribution in [0.15, 0.2) is 48.5 Å². The smallest absolute Gasteiger partial charge is 0.242 e. The Morgan fingerprint density at radius 2 is 1.69 bits per heavy atom. The Hall–Kier alpha value is -2.62. The molecule has 0 aliphatic heterocycles. The third-order valence-corrected chi connectivity index (χ3v) is 5.95. The van der Waals surface area contributed by atoms with Gasteiger partial charge < -0.3 is 10.2 Å². The molecule has 0 heterocycles. The van der Waals surface area contributed by atoms with Crippen LogP contribution >= 0.6 is 0 Å². The van der Waals surface area contributed by atoms with Crippen molar-refractivity contribution in [2.24, 2.45) is 0 Å². The lowest BCUT2D eigenvalue weighted by molar-refractivity contribution is -0.140. The van der Waals surface area contributed by atoms with Crippen LogP contribution in [-0.4, -0.2) is 28.8 Å². The molecule has 3 rings (SSSR count). The summed E-state index contributed by atoms with van der Waals surface area (Å²) < 4.78 is 0. The summed E-state index contributed by atoms with van der Waals surface area (Å²) in [5, 5.41) is 3.15. The molecule has 0 unspecified atom stereocenters. The quantitative estimate of drug-likeness (QED) is 0.763. The highest BCUT2D eigenvalue weighted by atomic mass is 16.2. The second-order valence-electron chi connectivity index (χ2n) is 8.28. The number of aryl methyl sites for hydroxylation is 2. The van der Waals surface area contributed by atoms with E-state index in [1.807, 2.05) is 69.3 Å². The van der Waals surface area contributed by atoms with E-state index in [0.29, 0.717) is 13.0 Å². The van der Waals surface area contributed by atoms with Crippen molar-refractivity contribution in [2.45, 2.75) is 71.5 Å². The monoisotopic (exact) mass is 392 g/mol. The molecule has 1 fully saturated rings. The lowest BCUT2D eigenvalue weighted by Crippen LogP contribution is -2.50. The number of carbonyl (C=O) groups is 2. The fourth-order valence-corrected chi connectivity index (χ4v) is 3.94. The van der Waals surface area contributed by atoms with Crippen LogP contribution in [0.1, 0.15) is 54.9 Å². The van der Waals surface area contributed by atoms with E-state index >= 15 is 0 Å². The summed E-state index contributed by atoms with van der Waals surface area (Å²) in [6, 6.07) is 15.8. The minimum absolute atomic E-state index is 0.0195. The summed E-state index contributed by atoms with van der Waals surface area (Å²) in [7, 11) is 0. The van der Waals surface area contributed by atoms with Gasteiger partial charge in [0.2, 0.25) is 11.8 Å². The van der Waals surface area contributed by atoms with Gasteiger partial charge in [-0.25, -0.2) is 0 Å². The minimum Gasteiger partial charge on any atom is -0.352 e. The zero-order valence-electron chi connectivity index (χ0n) is 17.8. The maximum Gasteiger partial charge on any atom is 0.242 e. The van der Waals surface area contributed by atoms with Crippen molar-refractivity contribution in [1.82, 2.24) is 10.2 Å². The average Bonchev–Trinajstić information content (AvgIpc) is 3.21. The van der Waals surface area contributed by atoms with Crippen molar-refractivity contribution >= 4 is 11.8 Å². The molecule has 0 aromatic heterocycles. The van der Waals surface area contributed by atoms with E-state index in [1.165, 1.54) is 18.4 Å². The first-order valence-electron chi connectivity index (χ1n) is 10.6. The number of hydrogen-bond acceptors (Lipinski definition) is 2. The summed E-state index contributed by atoms with van der Waals surface area (Å²) in [5.41, 5.74) is 4.32. The van der Waals surface area contributed by atoms with Crippen LogP contribution in [0.2, 0.25) is 0 Å². The van der Waals surface area contributed by atoms with E-state index in [0.717, 1.165) is 29.5 Å². The highest BCUT2D eigenvalue weighted by molar-refractivity contribution is 5.88. The Morgan fingerprint density at radius 1 is 1.03 bits per heavy atom. The van der Waals surface area contributed by atoms with Crippen LogP contribution < -0.4 is 5.32 Å². The number of rotatable bonds is 7. The van der Waals surface area contributed by atoms with E-state index < -0.39 is 6.04 Å². The first-order valence-corrected chi connectivity index (χ1v) is 10.6. The number of hydrogen-bond donors (Lipinski definition) is 1. The molecule has 0 saturated heterocycles. The molecule has 0 spiro atoms. The molecular weight excluding hydrogens is 360 g/mol. The van der Waals surface area contributed by atoms with Gasteiger partial charge in [0.15, 0.2) is 0 Å². The van der Waals surface area contributed by atoms with Gasteiger partial charge >= 0.3 is 0 Å². The Labute approximate surface area is 174 Å². The zero-order chi connectivity index (χ0) is 20.8. The first kappa shape index (κ1) is 21.1. The van der Waals surface area contributed by atoms with Crippen molar-refractivity contribution in [3.8, 4) is 0 Å². The van der Waals surface area contributed by atoms with Crippen LogP contribution in [0.25, 0.3) is 0 Å². The van der Waals surface area contributed by atoms with Gasteiger partial charge in [-0.1, -0.05) is 66.9 Å². The normalized spacial score (nSPS) is 15.1. The van der Waals surface area contributed by atoms with Crippen LogP contribution in [0.4, 0.5) is 0 Å². The second-order valence-corrected chi connectivity index (χ2v) is 8.28. The van der Waals surface area contributed by atoms with E-state index in [2.05, 4.69) is 5.32 Å². The topological polar surface area (TPSA) is 49.4 Å². The molecular formula is C25H32N2O2. The second kappa shape index (κ2) is 9.73. The Morgan fingerprint density at radius 3 is 2.34 bits per heavy atom. The van der Waals surface area contributed by atoms with E-state index in [4.69, 9.17) is 0 Å². The predicted octanol–water partition coefficient (Wildman–Crippen LogP) is 4.32. The number of benzene rings is 2. The zero-order valence-corrected chi connectivity index (χ0v) is 17.8. The van der Waals surface area contributed by atoms with Crippen molar-refractivity contribution < 1.29 is 9.59 Å². The van der Waals surface area contributed by atoms with Crippen LogP contribution in [0.3, 0.4) is 0 Å². The molecule has 29 heavy (non-hydrogen) atoms. The Kier molecular flexibility index (Phi) is 7.08. The summed E-state index contributed by atoms with van der Waals surface area (Å²) in [6.07, 6.45) is 4.71. The lowest BCUT2D eigenvalue weighted by Gasteiger charge is -2.30. The fourth-order valence-electron chi connectivity index (χ4n) is 3.94.